The number of hydrogen-bond acceptors (Lipinski definition) is 4. The molecule has 7 nitrogen and oxygen atoms in total. The first-order chi connectivity index (χ1) is 15.0. The molecule has 0 aliphatic carbocycles. The first-order valence-electron chi connectivity index (χ1n) is 11.8. The highest BCUT2D eigenvalue weighted by molar-refractivity contribution is 5.85. The van der Waals surface area contributed by atoms with Crippen LogP contribution >= 0.6 is 0 Å². The molecule has 3 rings (SSSR count). The maximum atomic E-state index is 12.1. The van der Waals surface area contributed by atoms with E-state index < -0.39 is 0 Å². The summed E-state index contributed by atoms with van der Waals surface area (Å²) in [7, 11) is 3.55. The van der Waals surface area contributed by atoms with Crippen molar-refractivity contribution in [1.29, 1.82) is 0 Å². The summed E-state index contributed by atoms with van der Waals surface area (Å²) in [5.74, 6) is 0.774. The van der Waals surface area contributed by atoms with Gasteiger partial charge >= 0.3 is 0 Å². The van der Waals surface area contributed by atoms with Gasteiger partial charge in [-0.1, -0.05) is 24.6 Å². The first-order valence-corrected chi connectivity index (χ1v) is 11.8. The van der Waals surface area contributed by atoms with Gasteiger partial charge in [0.25, 0.3) is 0 Å². The minimum atomic E-state index is 0.0158. The maximum absolute atomic E-state index is 12.1. The summed E-state index contributed by atoms with van der Waals surface area (Å²) in [5.41, 5.74) is 2.56. The average Bonchev–Trinajstić information content (AvgIpc) is 3.23. The third kappa shape index (κ3) is 6.86. The van der Waals surface area contributed by atoms with E-state index in [4.69, 9.17) is 0 Å². The molecule has 2 N–H and O–H groups in total. The van der Waals surface area contributed by atoms with Crippen LogP contribution in [0.1, 0.15) is 38.2 Å². The monoisotopic (exact) mass is 428 g/mol. The normalized spacial score (nSPS) is 22.5. The molecule has 0 aromatic heterocycles. The number of guanidine groups is 1. The molecule has 2 fully saturated rings. The number of nitrogens with one attached hydrogen (secondary N) is 2. The summed E-state index contributed by atoms with van der Waals surface area (Å²) < 4.78 is 0. The quantitative estimate of drug-likeness (QED) is 0.514. The van der Waals surface area contributed by atoms with Gasteiger partial charge in [0.15, 0.2) is 5.96 Å². The third-order valence-corrected chi connectivity index (χ3v) is 6.44. The van der Waals surface area contributed by atoms with Crippen molar-refractivity contribution in [2.45, 2.75) is 51.6 Å². The summed E-state index contributed by atoms with van der Waals surface area (Å²) in [6.07, 6.45) is 4.72. The van der Waals surface area contributed by atoms with E-state index in [9.17, 15) is 4.79 Å². The largest absolute Gasteiger partial charge is 0.369 e. The van der Waals surface area contributed by atoms with E-state index in [2.05, 4.69) is 63.5 Å². The van der Waals surface area contributed by atoms with Gasteiger partial charge in [0, 0.05) is 51.5 Å². The van der Waals surface area contributed by atoms with Gasteiger partial charge < -0.3 is 20.4 Å². The molecule has 2 unspecified atom stereocenters. The Morgan fingerprint density at radius 1 is 1.16 bits per heavy atom. The van der Waals surface area contributed by atoms with Crippen molar-refractivity contribution in [3.63, 3.8) is 0 Å². The molecular formula is C24H40N6O. The zero-order chi connectivity index (χ0) is 22.2. The molecule has 0 saturated carbocycles. The highest BCUT2D eigenvalue weighted by Crippen LogP contribution is 2.20. The van der Waals surface area contributed by atoms with Crippen molar-refractivity contribution in [1.82, 2.24) is 20.4 Å². The number of aryl methyl sites for hydroxylation is 1. The van der Waals surface area contributed by atoms with Gasteiger partial charge in [-0.25, -0.2) is 4.99 Å². The van der Waals surface area contributed by atoms with Crippen LogP contribution in [0.25, 0.3) is 0 Å². The Morgan fingerprint density at radius 2 is 1.90 bits per heavy atom. The second-order valence-corrected chi connectivity index (χ2v) is 9.02. The second-order valence-electron chi connectivity index (χ2n) is 9.02. The van der Waals surface area contributed by atoms with Gasteiger partial charge in [-0.2, -0.15) is 0 Å². The molecule has 0 bridgehead atoms. The molecule has 2 aliphatic heterocycles. The van der Waals surface area contributed by atoms with E-state index in [1.165, 1.54) is 30.6 Å². The molecule has 2 saturated heterocycles. The fraction of sp³-hybridized carbons (Fsp3) is 0.667. The van der Waals surface area contributed by atoms with Crippen LogP contribution in [0.5, 0.6) is 0 Å². The molecule has 172 valence electrons. The Bertz CT molecular complexity index is 732. The van der Waals surface area contributed by atoms with Gasteiger partial charge in [-0.15, -0.1) is 0 Å². The standard InChI is InChI=1S/C24H40N6O/c1-5-29-14-7-9-22(29)16-25-24(26-17-23(31)28(3)4)27-20-8-6-15-30(18-20)21-12-10-19(2)11-13-21/h10-13,20,22H,5-9,14-18H2,1-4H3,(H2,25,26,27). The number of carbonyl (C=O) groups is 1. The molecule has 0 spiro atoms. The maximum Gasteiger partial charge on any atom is 0.243 e. The molecule has 7 heteroatoms. The lowest BCUT2D eigenvalue weighted by Crippen LogP contribution is -2.53. The molecule has 0 radical (unpaired) electrons. The van der Waals surface area contributed by atoms with E-state index in [1.807, 2.05) is 0 Å². The number of aliphatic imine (C=N–C) groups is 1. The molecule has 1 aromatic rings. The van der Waals surface area contributed by atoms with Crippen molar-refractivity contribution < 1.29 is 4.79 Å². The van der Waals surface area contributed by atoms with E-state index in [0.717, 1.165) is 45.0 Å². The minimum Gasteiger partial charge on any atom is -0.369 e. The number of likely N-dealkylation sites (N-methyl/N-ethyl adjacent to an activating group) is 2. The fourth-order valence-corrected chi connectivity index (χ4v) is 4.48. The Morgan fingerprint density at radius 3 is 2.61 bits per heavy atom. The summed E-state index contributed by atoms with van der Waals surface area (Å²) in [6, 6.07) is 9.61. The number of likely N-dealkylation sites (tertiary alicyclic amines) is 1. The Hall–Kier alpha value is -2.28. The van der Waals surface area contributed by atoms with Crippen molar-refractivity contribution in [3.8, 4) is 0 Å². The number of benzene rings is 1. The predicted molar refractivity (Wildman–Crippen MR) is 129 cm³/mol. The summed E-state index contributed by atoms with van der Waals surface area (Å²) in [6.45, 7) is 9.66. The molecule has 2 aliphatic rings. The summed E-state index contributed by atoms with van der Waals surface area (Å²) in [4.78, 5) is 23.3. The molecule has 31 heavy (non-hydrogen) atoms. The molecule has 2 atom stereocenters. The number of nitrogens with zero attached hydrogens (tertiary/aromatic N) is 4. The molecule has 2 heterocycles. The van der Waals surface area contributed by atoms with Crippen LogP contribution in [0.15, 0.2) is 29.3 Å². The minimum absolute atomic E-state index is 0.0158. The zero-order valence-corrected chi connectivity index (χ0v) is 19.7. The summed E-state index contributed by atoms with van der Waals surface area (Å²) in [5, 5.41) is 7.16. The average molecular weight is 429 g/mol. The lowest BCUT2D eigenvalue weighted by atomic mass is 10.0. The SMILES string of the molecule is CCN1CCCC1CNC(=NCC(=O)N(C)C)NC1CCCN(c2ccc(C)cc2)C1. The Labute approximate surface area is 187 Å². The predicted octanol–water partition coefficient (Wildman–Crippen LogP) is 2.07. The van der Waals surface area contributed by atoms with Crippen LogP contribution in [0.2, 0.25) is 0 Å². The van der Waals surface area contributed by atoms with Crippen molar-refractivity contribution in [3.05, 3.63) is 29.8 Å². The molecular weight excluding hydrogens is 388 g/mol. The van der Waals surface area contributed by atoms with Crippen LogP contribution in [0.3, 0.4) is 0 Å². The summed E-state index contributed by atoms with van der Waals surface area (Å²) >= 11 is 0. The van der Waals surface area contributed by atoms with Crippen LogP contribution in [0.4, 0.5) is 5.69 Å². The van der Waals surface area contributed by atoms with Gasteiger partial charge in [0.1, 0.15) is 6.54 Å². The third-order valence-electron chi connectivity index (χ3n) is 6.44. The van der Waals surface area contributed by atoms with Crippen molar-refractivity contribution >= 4 is 17.6 Å². The van der Waals surface area contributed by atoms with E-state index in [1.54, 1.807) is 19.0 Å². The zero-order valence-electron chi connectivity index (χ0n) is 19.7. The number of anilines is 1. The smallest absolute Gasteiger partial charge is 0.243 e. The van der Waals surface area contributed by atoms with Crippen molar-refractivity contribution in [2.75, 3.05) is 58.3 Å². The van der Waals surface area contributed by atoms with Crippen LogP contribution in [0, 0.1) is 6.92 Å². The van der Waals surface area contributed by atoms with Crippen molar-refractivity contribution in [2.24, 2.45) is 4.99 Å². The van der Waals surface area contributed by atoms with Crippen LogP contribution in [-0.4, -0.2) is 87.1 Å². The lowest BCUT2D eigenvalue weighted by Gasteiger charge is -2.35. The first kappa shape index (κ1) is 23.4. The number of rotatable bonds is 7. The number of amides is 1. The number of carbonyl (C=O) groups excluding carboxylic acids is 1. The van der Waals surface area contributed by atoms with E-state index in [-0.39, 0.29) is 12.5 Å². The Balaban J connectivity index is 1.62. The highest BCUT2D eigenvalue weighted by Gasteiger charge is 2.24. The Kier molecular flexibility index (Phi) is 8.58. The van der Waals surface area contributed by atoms with Gasteiger partial charge in [0.2, 0.25) is 5.91 Å². The van der Waals surface area contributed by atoms with E-state index in [0.29, 0.717) is 12.1 Å². The van der Waals surface area contributed by atoms with Crippen LogP contribution < -0.4 is 15.5 Å². The molecule has 1 aromatic carbocycles. The number of piperidine rings is 1. The number of hydrogen-bond donors (Lipinski definition) is 2. The van der Waals surface area contributed by atoms with Crippen LogP contribution in [-0.2, 0) is 4.79 Å². The van der Waals surface area contributed by atoms with Gasteiger partial charge in [-0.05, 0) is 57.8 Å². The van der Waals surface area contributed by atoms with Gasteiger partial charge in [-0.3, -0.25) is 9.69 Å². The highest BCUT2D eigenvalue weighted by atomic mass is 16.2. The fourth-order valence-electron chi connectivity index (χ4n) is 4.48. The topological polar surface area (TPSA) is 63.2 Å². The van der Waals surface area contributed by atoms with E-state index >= 15 is 0 Å². The second kappa shape index (κ2) is 11.4. The lowest BCUT2D eigenvalue weighted by molar-refractivity contribution is -0.127. The molecule has 1 amide bonds. The van der Waals surface area contributed by atoms with Gasteiger partial charge in [0.05, 0.1) is 0 Å².